The number of amides is 2. The molecule has 1 heterocycles. The van der Waals surface area contributed by atoms with E-state index >= 15 is 0 Å². The van der Waals surface area contributed by atoms with Gasteiger partial charge < -0.3 is 10.2 Å². The average Bonchev–Trinajstić information content (AvgIpc) is 2.91. The predicted octanol–water partition coefficient (Wildman–Crippen LogP) is 3.69. The van der Waals surface area contributed by atoms with Crippen molar-refractivity contribution in [3.63, 3.8) is 0 Å². The van der Waals surface area contributed by atoms with Gasteiger partial charge in [0.2, 0.25) is 0 Å². The maximum absolute atomic E-state index is 12.3. The Balaban J connectivity index is 1.70. The van der Waals surface area contributed by atoms with E-state index in [0.717, 1.165) is 6.54 Å². The molecular weight excluding hydrogens is 272 g/mol. The fourth-order valence-electron chi connectivity index (χ4n) is 3.02. The number of carbonyl (C=O) groups is 1. The van der Waals surface area contributed by atoms with E-state index in [0.29, 0.717) is 12.5 Å². The van der Waals surface area contributed by atoms with Gasteiger partial charge >= 0.3 is 6.03 Å². The Kier molecular flexibility index (Phi) is 4.14. The van der Waals surface area contributed by atoms with E-state index in [2.05, 4.69) is 43.4 Å². The molecule has 1 N–H and O–H groups in total. The zero-order valence-corrected chi connectivity index (χ0v) is 13.1. The Hall–Kier alpha value is -2.29. The van der Waals surface area contributed by atoms with Gasteiger partial charge in [0.05, 0.1) is 6.04 Å². The van der Waals surface area contributed by atoms with Crippen LogP contribution in [0.1, 0.15) is 29.5 Å². The summed E-state index contributed by atoms with van der Waals surface area (Å²) in [5.41, 5.74) is 3.71. The first-order valence-corrected chi connectivity index (χ1v) is 7.80. The smallest absolute Gasteiger partial charge is 0.318 e. The SMILES string of the molecule is Cc1ccccc1CN1CC([C@@H](C)c2ccccc2)NC1=O. The molecule has 0 spiro atoms. The molecule has 1 fully saturated rings. The molecule has 2 amide bonds. The highest BCUT2D eigenvalue weighted by Gasteiger charge is 2.32. The summed E-state index contributed by atoms with van der Waals surface area (Å²) in [7, 11) is 0. The maximum atomic E-state index is 12.3. The summed E-state index contributed by atoms with van der Waals surface area (Å²) in [5.74, 6) is 0.312. The highest BCUT2D eigenvalue weighted by atomic mass is 16.2. The molecule has 1 aliphatic heterocycles. The first-order chi connectivity index (χ1) is 10.6. The largest absolute Gasteiger partial charge is 0.333 e. The Morgan fingerprint density at radius 1 is 1.14 bits per heavy atom. The minimum Gasteiger partial charge on any atom is -0.333 e. The molecule has 0 saturated carbocycles. The van der Waals surface area contributed by atoms with Crippen molar-refractivity contribution in [3.8, 4) is 0 Å². The molecule has 1 aliphatic rings. The third-order valence-electron chi connectivity index (χ3n) is 4.56. The zero-order chi connectivity index (χ0) is 15.5. The number of nitrogens with zero attached hydrogens (tertiary/aromatic N) is 1. The van der Waals surface area contributed by atoms with Gasteiger partial charge in [-0.2, -0.15) is 0 Å². The van der Waals surface area contributed by atoms with Crippen LogP contribution in [-0.2, 0) is 6.54 Å². The summed E-state index contributed by atoms with van der Waals surface area (Å²) in [4.78, 5) is 14.2. The van der Waals surface area contributed by atoms with Crippen LogP contribution in [0, 0.1) is 6.92 Å². The lowest BCUT2D eigenvalue weighted by Crippen LogP contribution is -2.31. The van der Waals surface area contributed by atoms with Crippen molar-refractivity contribution >= 4 is 6.03 Å². The summed E-state index contributed by atoms with van der Waals surface area (Å²) in [5, 5.41) is 3.13. The summed E-state index contributed by atoms with van der Waals surface area (Å²) in [6.07, 6.45) is 0. The second-order valence-corrected chi connectivity index (χ2v) is 6.06. The fourth-order valence-corrected chi connectivity index (χ4v) is 3.02. The molecule has 0 aromatic heterocycles. The topological polar surface area (TPSA) is 32.3 Å². The number of rotatable bonds is 4. The van der Waals surface area contributed by atoms with Crippen LogP contribution in [0.15, 0.2) is 54.6 Å². The predicted molar refractivity (Wildman–Crippen MR) is 88.8 cm³/mol. The lowest BCUT2D eigenvalue weighted by molar-refractivity contribution is 0.215. The van der Waals surface area contributed by atoms with Gasteiger partial charge in [-0.25, -0.2) is 4.79 Å². The molecule has 2 aromatic carbocycles. The van der Waals surface area contributed by atoms with Gasteiger partial charge in [0.15, 0.2) is 0 Å². The van der Waals surface area contributed by atoms with Gasteiger partial charge in [0, 0.05) is 19.0 Å². The van der Waals surface area contributed by atoms with Gasteiger partial charge in [-0.1, -0.05) is 61.5 Å². The van der Waals surface area contributed by atoms with Crippen molar-refractivity contribution in [1.29, 1.82) is 0 Å². The molecule has 3 heteroatoms. The van der Waals surface area contributed by atoms with Crippen LogP contribution in [0.4, 0.5) is 4.79 Å². The molecule has 2 atom stereocenters. The molecule has 0 radical (unpaired) electrons. The summed E-state index contributed by atoms with van der Waals surface area (Å²) in [6, 6.07) is 18.8. The van der Waals surface area contributed by atoms with Crippen LogP contribution in [0.25, 0.3) is 0 Å². The molecule has 2 aromatic rings. The van der Waals surface area contributed by atoms with Crippen molar-refractivity contribution < 1.29 is 4.79 Å². The van der Waals surface area contributed by atoms with Crippen LogP contribution < -0.4 is 5.32 Å². The quantitative estimate of drug-likeness (QED) is 0.916. The van der Waals surface area contributed by atoms with E-state index in [1.807, 2.05) is 35.2 Å². The number of hydrogen-bond acceptors (Lipinski definition) is 1. The van der Waals surface area contributed by atoms with E-state index in [1.165, 1.54) is 16.7 Å². The highest BCUT2D eigenvalue weighted by Crippen LogP contribution is 2.24. The van der Waals surface area contributed by atoms with Crippen LogP contribution in [0.5, 0.6) is 0 Å². The number of aryl methyl sites for hydroxylation is 1. The van der Waals surface area contributed by atoms with Crippen LogP contribution >= 0.6 is 0 Å². The molecule has 1 unspecified atom stereocenters. The lowest BCUT2D eigenvalue weighted by Gasteiger charge is -2.20. The third kappa shape index (κ3) is 2.98. The van der Waals surface area contributed by atoms with E-state index in [-0.39, 0.29) is 12.1 Å². The Morgan fingerprint density at radius 2 is 1.82 bits per heavy atom. The molecule has 3 rings (SSSR count). The highest BCUT2D eigenvalue weighted by molar-refractivity contribution is 5.77. The minimum absolute atomic E-state index is 0.0380. The molecular formula is C19H22N2O. The van der Waals surface area contributed by atoms with Crippen molar-refractivity contribution in [2.24, 2.45) is 0 Å². The molecule has 22 heavy (non-hydrogen) atoms. The Bertz CT molecular complexity index is 653. The van der Waals surface area contributed by atoms with Gasteiger partial charge in [-0.15, -0.1) is 0 Å². The lowest BCUT2D eigenvalue weighted by atomic mass is 9.94. The summed E-state index contributed by atoms with van der Waals surface area (Å²) < 4.78 is 0. The van der Waals surface area contributed by atoms with Gasteiger partial charge in [-0.05, 0) is 23.6 Å². The standard InChI is InChI=1S/C19H22N2O/c1-14-8-6-7-11-17(14)12-21-13-18(20-19(21)22)15(2)16-9-4-3-5-10-16/h3-11,15,18H,12-13H2,1-2H3,(H,20,22)/t15-,18?/m0/s1. The summed E-state index contributed by atoms with van der Waals surface area (Å²) in [6.45, 7) is 5.70. The van der Waals surface area contributed by atoms with Crippen LogP contribution in [-0.4, -0.2) is 23.5 Å². The van der Waals surface area contributed by atoms with Crippen molar-refractivity contribution in [3.05, 3.63) is 71.3 Å². The van der Waals surface area contributed by atoms with Crippen molar-refractivity contribution in [2.75, 3.05) is 6.54 Å². The van der Waals surface area contributed by atoms with E-state index in [1.54, 1.807) is 0 Å². The van der Waals surface area contributed by atoms with Crippen molar-refractivity contribution in [2.45, 2.75) is 32.4 Å². The van der Waals surface area contributed by atoms with Crippen LogP contribution in [0.3, 0.4) is 0 Å². The van der Waals surface area contributed by atoms with E-state index in [9.17, 15) is 4.79 Å². The number of hydrogen-bond donors (Lipinski definition) is 1. The zero-order valence-electron chi connectivity index (χ0n) is 13.1. The van der Waals surface area contributed by atoms with E-state index in [4.69, 9.17) is 0 Å². The second kappa shape index (κ2) is 6.22. The second-order valence-electron chi connectivity index (χ2n) is 6.06. The summed E-state index contributed by atoms with van der Waals surface area (Å²) >= 11 is 0. The minimum atomic E-state index is 0.0380. The van der Waals surface area contributed by atoms with E-state index < -0.39 is 0 Å². The van der Waals surface area contributed by atoms with Gasteiger partial charge in [0.25, 0.3) is 0 Å². The number of carbonyl (C=O) groups excluding carboxylic acids is 1. The van der Waals surface area contributed by atoms with Crippen molar-refractivity contribution in [1.82, 2.24) is 10.2 Å². The first kappa shape index (κ1) is 14.6. The molecule has 0 aliphatic carbocycles. The first-order valence-electron chi connectivity index (χ1n) is 7.80. The normalized spacial score (nSPS) is 19.1. The molecule has 114 valence electrons. The fraction of sp³-hybridized carbons (Fsp3) is 0.316. The van der Waals surface area contributed by atoms with Crippen LogP contribution in [0.2, 0.25) is 0 Å². The molecule has 3 nitrogen and oxygen atoms in total. The maximum Gasteiger partial charge on any atom is 0.318 e. The Morgan fingerprint density at radius 3 is 2.55 bits per heavy atom. The average molecular weight is 294 g/mol. The Labute approximate surface area is 132 Å². The number of urea groups is 1. The third-order valence-corrected chi connectivity index (χ3v) is 4.56. The number of nitrogens with one attached hydrogen (secondary N) is 1. The van der Waals surface area contributed by atoms with Gasteiger partial charge in [0.1, 0.15) is 0 Å². The molecule has 1 saturated heterocycles. The van der Waals surface area contributed by atoms with Gasteiger partial charge in [-0.3, -0.25) is 0 Å². The number of benzene rings is 2. The molecule has 0 bridgehead atoms. The monoisotopic (exact) mass is 294 g/mol.